The van der Waals surface area contributed by atoms with Crippen molar-refractivity contribution in [2.45, 2.75) is 25.7 Å². The number of carbonyl (C=O) groups is 2. The molecule has 0 spiro atoms. The summed E-state index contributed by atoms with van der Waals surface area (Å²) in [6.07, 6.45) is 2.30. The molecule has 0 saturated heterocycles. The SMILES string of the molecule is COC(=O)c1c2c(c3c(c1C(=O)OC)CCc1cc(Br)c(OC)c(-c4ccccc4)c1-3)-c1c(cc(Br)c(OC)c1-c1ccccc1)CC2. The second-order valence-corrected chi connectivity index (χ2v) is 13.5. The van der Waals surface area contributed by atoms with E-state index >= 15 is 0 Å². The molecule has 7 rings (SSSR count). The van der Waals surface area contributed by atoms with Crippen molar-refractivity contribution in [2.24, 2.45) is 0 Å². The van der Waals surface area contributed by atoms with Crippen LogP contribution in [0.4, 0.5) is 0 Å². The quantitative estimate of drug-likeness (QED) is 0.160. The summed E-state index contributed by atoms with van der Waals surface area (Å²) in [5, 5.41) is 0. The molecule has 5 aromatic carbocycles. The fourth-order valence-electron chi connectivity index (χ4n) is 7.57. The van der Waals surface area contributed by atoms with E-state index in [9.17, 15) is 9.59 Å². The number of halogens is 2. The lowest BCUT2D eigenvalue weighted by molar-refractivity contribution is 0.0553. The fraction of sp³-hybridized carbons (Fsp3) is 0.200. The molecule has 0 N–H and O–H groups in total. The normalized spacial score (nSPS) is 12.6. The molecule has 0 saturated carbocycles. The Hall–Kier alpha value is -4.40. The molecule has 0 bridgehead atoms. The average molecular weight is 768 g/mol. The van der Waals surface area contributed by atoms with E-state index in [4.69, 9.17) is 18.9 Å². The first-order chi connectivity index (χ1) is 23.3. The van der Waals surface area contributed by atoms with Crippen molar-refractivity contribution in [3.63, 3.8) is 0 Å². The van der Waals surface area contributed by atoms with Gasteiger partial charge in [-0.05, 0) is 125 Å². The zero-order valence-electron chi connectivity index (χ0n) is 27.0. The Bertz CT molecular complexity index is 1970. The summed E-state index contributed by atoms with van der Waals surface area (Å²) in [5.74, 6) is 0.244. The maximum atomic E-state index is 13.8. The third-order valence-electron chi connectivity index (χ3n) is 9.44. The van der Waals surface area contributed by atoms with Crippen LogP contribution in [0.3, 0.4) is 0 Å². The third kappa shape index (κ3) is 4.96. The first kappa shape index (κ1) is 32.2. The van der Waals surface area contributed by atoms with Crippen LogP contribution in [0, 0.1) is 0 Å². The van der Waals surface area contributed by atoms with Crippen molar-refractivity contribution in [1.82, 2.24) is 0 Å². The van der Waals surface area contributed by atoms with Gasteiger partial charge in [0.25, 0.3) is 0 Å². The van der Waals surface area contributed by atoms with Gasteiger partial charge in [0.2, 0.25) is 0 Å². The Morgan fingerprint density at radius 3 is 1.23 bits per heavy atom. The maximum Gasteiger partial charge on any atom is 0.339 e. The van der Waals surface area contributed by atoms with Crippen LogP contribution in [-0.2, 0) is 35.2 Å². The lowest BCUT2D eigenvalue weighted by Gasteiger charge is -2.35. The number of hydrogen-bond donors (Lipinski definition) is 0. The van der Waals surface area contributed by atoms with Gasteiger partial charge in [0.1, 0.15) is 11.5 Å². The summed E-state index contributed by atoms with van der Waals surface area (Å²) >= 11 is 7.60. The maximum absolute atomic E-state index is 13.8. The molecule has 0 radical (unpaired) electrons. The number of fused-ring (bicyclic) bond motifs is 7. The van der Waals surface area contributed by atoms with Crippen LogP contribution in [0.1, 0.15) is 43.0 Å². The number of benzene rings is 5. The minimum Gasteiger partial charge on any atom is -0.495 e. The van der Waals surface area contributed by atoms with Crippen LogP contribution in [-0.4, -0.2) is 40.4 Å². The first-order valence-corrected chi connectivity index (χ1v) is 17.2. The monoisotopic (exact) mass is 766 g/mol. The fourth-order valence-corrected chi connectivity index (χ4v) is 8.85. The van der Waals surface area contributed by atoms with E-state index in [1.54, 1.807) is 14.2 Å². The van der Waals surface area contributed by atoms with Gasteiger partial charge < -0.3 is 18.9 Å². The summed E-state index contributed by atoms with van der Waals surface area (Å²) in [6, 6.07) is 24.5. The minimum absolute atomic E-state index is 0.262. The van der Waals surface area contributed by atoms with Gasteiger partial charge in [0.05, 0.1) is 48.5 Å². The highest BCUT2D eigenvalue weighted by atomic mass is 79.9. The molecule has 0 aromatic heterocycles. The second kappa shape index (κ2) is 12.9. The van der Waals surface area contributed by atoms with Gasteiger partial charge in [0.15, 0.2) is 0 Å². The van der Waals surface area contributed by atoms with Gasteiger partial charge in [0, 0.05) is 11.1 Å². The Morgan fingerprint density at radius 1 is 0.521 bits per heavy atom. The molecule has 8 heteroatoms. The summed E-state index contributed by atoms with van der Waals surface area (Å²) in [6.45, 7) is 0. The van der Waals surface area contributed by atoms with Crippen LogP contribution < -0.4 is 9.47 Å². The zero-order chi connectivity index (χ0) is 33.7. The molecule has 48 heavy (non-hydrogen) atoms. The summed E-state index contributed by atoms with van der Waals surface area (Å²) in [7, 11) is 6.05. The van der Waals surface area contributed by atoms with Gasteiger partial charge in [-0.3, -0.25) is 0 Å². The number of carbonyl (C=O) groups excluding carboxylic acids is 2. The van der Waals surface area contributed by atoms with Crippen molar-refractivity contribution in [3.05, 3.63) is 115 Å². The number of hydrogen-bond acceptors (Lipinski definition) is 6. The molecule has 6 nitrogen and oxygen atoms in total. The molecule has 0 atom stereocenters. The number of ether oxygens (including phenoxy) is 4. The van der Waals surface area contributed by atoms with E-state index in [0.29, 0.717) is 37.2 Å². The van der Waals surface area contributed by atoms with Gasteiger partial charge in [-0.15, -0.1) is 0 Å². The Balaban J connectivity index is 1.76. The average Bonchev–Trinajstić information content (AvgIpc) is 3.12. The third-order valence-corrected chi connectivity index (χ3v) is 10.6. The highest BCUT2D eigenvalue weighted by molar-refractivity contribution is 9.11. The molecular formula is C40H32Br2O6. The standard InChI is InChI=1S/C40H32Br2O6/c1-45-37-27(41)19-23-15-17-25-33(29(23)31(37)21-11-7-5-8-12-21)34-26(36(40(44)48-4)35(25)39(43)47-3)18-16-24-20-28(42)38(46-2)32(30(24)34)22-13-9-6-10-14-22/h5-14,19-20H,15-18H2,1-4H3. The van der Waals surface area contributed by atoms with Crippen molar-refractivity contribution < 1.29 is 28.5 Å². The summed E-state index contributed by atoms with van der Waals surface area (Å²) in [4.78, 5) is 27.7. The van der Waals surface area contributed by atoms with E-state index in [1.165, 1.54) is 14.2 Å². The molecule has 242 valence electrons. The minimum atomic E-state index is -0.564. The summed E-state index contributed by atoms with van der Waals surface area (Å²) in [5.41, 5.74) is 11.7. The van der Waals surface area contributed by atoms with Crippen molar-refractivity contribution in [2.75, 3.05) is 28.4 Å². The van der Waals surface area contributed by atoms with Crippen molar-refractivity contribution in [3.8, 4) is 56.0 Å². The highest BCUT2D eigenvalue weighted by Gasteiger charge is 2.40. The summed E-state index contributed by atoms with van der Waals surface area (Å²) < 4.78 is 24.7. The van der Waals surface area contributed by atoms with Crippen molar-refractivity contribution in [1.29, 1.82) is 0 Å². The van der Waals surface area contributed by atoms with E-state index in [0.717, 1.165) is 75.7 Å². The molecule has 0 heterocycles. The molecule has 2 aliphatic carbocycles. The van der Waals surface area contributed by atoms with Crippen LogP contribution >= 0.6 is 31.9 Å². The molecule has 0 aliphatic heterocycles. The second-order valence-electron chi connectivity index (χ2n) is 11.8. The molecule has 5 aromatic rings. The van der Waals surface area contributed by atoms with Crippen LogP contribution in [0.2, 0.25) is 0 Å². The van der Waals surface area contributed by atoms with Gasteiger partial charge in [-0.2, -0.15) is 0 Å². The number of rotatable bonds is 6. The van der Waals surface area contributed by atoms with Gasteiger partial charge in [-0.25, -0.2) is 9.59 Å². The lowest BCUT2D eigenvalue weighted by atomic mass is 9.69. The van der Waals surface area contributed by atoms with Crippen molar-refractivity contribution >= 4 is 43.8 Å². The molecule has 0 unspecified atom stereocenters. The molecule has 2 aliphatic rings. The molecular weight excluding hydrogens is 736 g/mol. The molecule has 0 amide bonds. The highest BCUT2D eigenvalue weighted by Crippen LogP contribution is 2.58. The lowest BCUT2D eigenvalue weighted by Crippen LogP contribution is -2.24. The Kier molecular flexibility index (Phi) is 8.64. The van der Waals surface area contributed by atoms with Crippen LogP contribution in [0.5, 0.6) is 11.5 Å². The molecule has 0 fully saturated rings. The smallest absolute Gasteiger partial charge is 0.339 e. The Morgan fingerprint density at radius 2 is 0.896 bits per heavy atom. The predicted octanol–water partition coefficient (Wildman–Crippen LogP) is 9.67. The van der Waals surface area contributed by atoms with E-state index < -0.39 is 11.9 Å². The van der Waals surface area contributed by atoms with E-state index in [2.05, 4.69) is 68.3 Å². The van der Waals surface area contributed by atoms with Crippen LogP contribution in [0.25, 0.3) is 44.5 Å². The number of aryl methyl sites for hydroxylation is 2. The first-order valence-electron chi connectivity index (χ1n) is 15.6. The Labute approximate surface area is 296 Å². The van der Waals surface area contributed by atoms with Crippen LogP contribution in [0.15, 0.2) is 81.7 Å². The predicted molar refractivity (Wildman–Crippen MR) is 194 cm³/mol. The van der Waals surface area contributed by atoms with Gasteiger partial charge >= 0.3 is 11.9 Å². The number of methoxy groups -OCH3 is 4. The number of esters is 2. The zero-order valence-corrected chi connectivity index (χ0v) is 30.1. The van der Waals surface area contributed by atoms with E-state index in [-0.39, 0.29) is 11.1 Å². The van der Waals surface area contributed by atoms with E-state index in [1.807, 2.05) is 36.4 Å². The largest absolute Gasteiger partial charge is 0.495 e. The topological polar surface area (TPSA) is 71.1 Å². The van der Waals surface area contributed by atoms with Gasteiger partial charge in [-0.1, -0.05) is 60.7 Å².